The van der Waals surface area contributed by atoms with Crippen LogP contribution < -0.4 is 0 Å². The lowest BCUT2D eigenvalue weighted by Crippen LogP contribution is -2.29. The summed E-state index contributed by atoms with van der Waals surface area (Å²) in [5.41, 5.74) is 0.258. The third kappa shape index (κ3) is 3.63. The Morgan fingerprint density at radius 3 is 1.48 bits per heavy atom. The largest absolute Gasteiger partial charge is 0.269 e. The summed E-state index contributed by atoms with van der Waals surface area (Å²) in [6.45, 7) is 0. The Morgan fingerprint density at radius 2 is 1.09 bits per heavy atom. The summed E-state index contributed by atoms with van der Waals surface area (Å²) in [4.78, 5) is 24.9. The summed E-state index contributed by atoms with van der Waals surface area (Å²) in [5.74, 6) is -1.56. The van der Waals surface area contributed by atoms with Gasteiger partial charge in [0.05, 0.1) is 22.9 Å². The summed E-state index contributed by atoms with van der Waals surface area (Å²) < 4.78 is 52.8. The number of benzene rings is 2. The van der Waals surface area contributed by atoms with Gasteiger partial charge >= 0.3 is 0 Å². The second kappa shape index (κ2) is 8.09. The van der Waals surface area contributed by atoms with Gasteiger partial charge in [0.1, 0.15) is 9.79 Å². The molecule has 2 aromatic carbocycles. The van der Waals surface area contributed by atoms with E-state index in [4.69, 9.17) is 0 Å². The zero-order chi connectivity index (χ0) is 23.4. The molecule has 0 unspecified atom stereocenters. The highest BCUT2D eigenvalue weighted by Gasteiger charge is 2.42. The molecule has 170 valence electrons. The highest BCUT2D eigenvalue weighted by Crippen LogP contribution is 2.36. The molecule has 0 N–H and O–H groups in total. The van der Waals surface area contributed by atoms with Crippen LogP contribution in [0.5, 0.6) is 0 Å². The standard InChI is InChI=1S/C18H12N4O6S5/c23-15-11-5-1-3-7-13(11)32(25,26)21(15)9-29-17-19-20-18(31-17)30-10-22-16(24)12-6-2-4-8-14(12)33(22,27)28/h1-8H,9-10H2. The van der Waals surface area contributed by atoms with E-state index in [1.165, 1.54) is 24.3 Å². The fraction of sp³-hybridized carbons (Fsp3) is 0.111. The summed E-state index contributed by atoms with van der Waals surface area (Å²) in [6, 6.07) is 12.0. The number of fused-ring (bicyclic) bond motifs is 2. The number of sulfonamides is 2. The predicted octanol–water partition coefficient (Wildman–Crippen LogP) is 2.33. The van der Waals surface area contributed by atoms with Crippen LogP contribution in [0.4, 0.5) is 0 Å². The Hall–Kier alpha value is -2.46. The highest BCUT2D eigenvalue weighted by molar-refractivity contribution is 8.04. The molecule has 10 nitrogen and oxygen atoms in total. The van der Waals surface area contributed by atoms with Gasteiger partial charge < -0.3 is 0 Å². The average molecular weight is 541 g/mol. The van der Waals surface area contributed by atoms with E-state index in [1.54, 1.807) is 24.3 Å². The molecule has 3 heterocycles. The molecule has 3 aromatic rings. The topological polar surface area (TPSA) is 135 Å². The smallest absolute Gasteiger partial charge is 0.268 e. The minimum Gasteiger partial charge on any atom is -0.268 e. The lowest BCUT2D eigenvalue weighted by molar-refractivity contribution is 0.0878. The molecule has 1 aromatic heterocycles. The molecule has 0 radical (unpaired) electrons. The fourth-order valence-electron chi connectivity index (χ4n) is 3.26. The van der Waals surface area contributed by atoms with Gasteiger partial charge in [0, 0.05) is 0 Å². The predicted molar refractivity (Wildman–Crippen MR) is 121 cm³/mol. The van der Waals surface area contributed by atoms with Crippen LogP contribution in [-0.4, -0.2) is 59.2 Å². The number of carbonyl (C=O) groups is 2. The molecular weight excluding hydrogens is 529 g/mol. The van der Waals surface area contributed by atoms with Gasteiger partial charge in [0.25, 0.3) is 31.9 Å². The van der Waals surface area contributed by atoms with Crippen molar-refractivity contribution in [1.29, 1.82) is 0 Å². The molecule has 2 amide bonds. The monoisotopic (exact) mass is 540 g/mol. The second-order valence-electron chi connectivity index (χ2n) is 6.69. The first-order chi connectivity index (χ1) is 15.7. The Kier molecular flexibility index (Phi) is 5.48. The van der Waals surface area contributed by atoms with Gasteiger partial charge in [-0.1, -0.05) is 59.1 Å². The molecule has 0 atom stereocenters. The second-order valence-corrected chi connectivity index (χ2v) is 13.7. The number of thioether (sulfide) groups is 2. The molecule has 15 heteroatoms. The first-order valence-electron chi connectivity index (χ1n) is 9.12. The lowest BCUT2D eigenvalue weighted by Gasteiger charge is -2.13. The van der Waals surface area contributed by atoms with Crippen LogP contribution in [0.1, 0.15) is 20.7 Å². The van der Waals surface area contributed by atoms with E-state index in [-0.39, 0.29) is 32.7 Å². The summed E-state index contributed by atoms with van der Waals surface area (Å²) in [7, 11) is -7.84. The summed E-state index contributed by atoms with van der Waals surface area (Å²) in [6.07, 6.45) is 0. The summed E-state index contributed by atoms with van der Waals surface area (Å²) >= 11 is 3.15. The van der Waals surface area contributed by atoms with Gasteiger partial charge in [0.2, 0.25) is 0 Å². The highest BCUT2D eigenvalue weighted by atomic mass is 32.2. The maximum atomic E-state index is 12.6. The average Bonchev–Trinajstić information content (AvgIpc) is 3.38. The van der Waals surface area contributed by atoms with E-state index in [9.17, 15) is 26.4 Å². The van der Waals surface area contributed by atoms with Crippen molar-refractivity contribution >= 4 is 66.7 Å². The van der Waals surface area contributed by atoms with Crippen LogP contribution in [0, 0.1) is 0 Å². The molecule has 0 saturated carbocycles. The van der Waals surface area contributed by atoms with Crippen molar-refractivity contribution in [3.8, 4) is 0 Å². The Morgan fingerprint density at radius 1 is 0.697 bits per heavy atom. The molecule has 33 heavy (non-hydrogen) atoms. The molecule has 5 rings (SSSR count). The van der Waals surface area contributed by atoms with E-state index < -0.39 is 31.9 Å². The van der Waals surface area contributed by atoms with Crippen LogP contribution in [0.15, 0.2) is 67.0 Å². The quantitative estimate of drug-likeness (QED) is 0.429. The Labute approximate surface area is 201 Å². The molecule has 0 aliphatic carbocycles. The molecule has 2 aliphatic rings. The number of hydrogen-bond acceptors (Lipinski definition) is 11. The van der Waals surface area contributed by atoms with Gasteiger partial charge in [-0.25, -0.2) is 25.4 Å². The molecule has 2 aliphatic heterocycles. The van der Waals surface area contributed by atoms with Crippen molar-refractivity contribution in [1.82, 2.24) is 18.8 Å². The number of carbonyl (C=O) groups excluding carboxylic acids is 2. The maximum Gasteiger partial charge on any atom is 0.269 e. The third-order valence-corrected chi connectivity index (χ3v) is 11.9. The van der Waals surface area contributed by atoms with Crippen molar-refractivity contribution in [3.63, 3.8) is 0 Å². The Balaban J connectivity index is 1.24. The first kappa shape index (κ1) is 22.3. The molecular formula is C18H12N4O6S5. The molecule has 0 saturated heterocycles. The van der Waals surface area contributed by atoms with Gasteiger partial charge in [-0.3, -0.25) is 9.59 Å². The number of aromatic nitrogens is 2. The molecule has 0 fully saturated rings. The first-order valence-corrected chi connectivity index (χ1v) is 14.8. The van der Waals surface area contributed by atoms with Gasteiger partial charge in [-0.05, 0) is 24.3 Å². The molecule has 0 bridgehead atoms. The van der Waals surface area contributed by atoms with Gasteiger partial charge in [-0.2, -0.15) is 0 Å². The van der Waals surface area contributed by atoms with E-state index >= 15 is 0 Å². The van der Waals surface area contributed by atoms with E-state index in [0.717, 1.165) is 43.5 Å². The zero-order valence-electron chi connectivity index (χ0n) is 16.3. The van der Waals surface area contributed by atoms with Crippen molar-refractivity contribution in [2.75, 3.05) is 11.8 Å². The lowest BCUT2D eigenvalue weighted by atomic mass is 10.2. The minimum absolute atomic E-state index is 0.0263. The van der Waals surface area contributed by atoms with Crippen LogP contribution in [0.2, 0.25) is 0 Å². The zero-order valence-corrected chi connectivity index (χ0v) is 20.4. The van der Waals surface area contributed by atoms with E-state index in [1.807, 2.05) is 0 Å². The summed E-state index contributed by atoms with van der Waals surface area (Å²) in [5, 5.41) is 7.93. The SMILES string of the molecule is O=C1c2ccccc2S(=O)(=O)N1CSc1nnc(SCN2C(=O)c3ccccc3S2(=O)=O)s1. The maximum absolute atomic E-state index is 12.6. The minimum atomic E-state index is -3.92. The van der Waals surface area contributed by atoms with Crippen LogP contribution in [-0.2, 0) is 20.0 Å². The van der Waals surface area contributed by atoms with Crippen LogP contribution in [0.3, 0.4) is 0 Å². The number of nitrogens with zero attached hydrogens (tertiary/aromatic N) is 4. The Bertz CT molecular complexity index is 1410. The van der Waals surface area contributed by atoms with E-state index in [0.29, 0.717) is 8.68 Å². The van der Waals surface area contributed by atoms with Gasteiger partial charge in [0.15, 0.2) is 8.68 Å². The van der Waals surface area contributed by atoms with Gasteiger partial charge in [-0.15, -0.1) is 10.2 Å². The van der Waals surface area contributed by atoms with Crippen molar-refractivity contribution < 1.29 is 26.4 Å². The van der Waals surface area contributed by atoms with Crippen molar-refractivity contribution in [2.45, 2.75) is 18.5 Å². The van der Waals surface area contributed by atoms with Crippen LogP contribution in [0.25, 0.3) is 0 Å². The molecule has 0 spiro atoms. The van der Waals surface area contributed by atoms with Crippen molar-refractivity contribution in [2.24, 2.45) is 0 Å². The number of hydrogen-bond donors (Lipinski definition) is 0. The third-order valence-electron chi connectivity index (χ3n) is 4.82. The number of rotatable bonds is 6. The normalized spacial score (nSPS) is 17.9. The van der Waals surface area contributed by atoms with Crippen LogP contribution >= 0.6 is 34.9 Å². The van der Waals surface area contributed by atoms with E-state index in [2.05, 4.69) is 10.2 Å². The number of amides is 2. The fourth-order valence-corrected chi connectivity index (χ4v) is 9.78. The van der Waals surface area contributed by atoms with Crippen molar-refractivity contribution in [3.05, 3.63) is 59.7 Å².